The van der Waals surface area contributed by atoms with Crippen molar-refractivity contribution >= 4 is 5.91 Å². The van der Waals surface area contributed by atoms with Crippen molar-refractivity contribution in [1.82, 2.24) is 10.2 Å². The summed E-state index contributed by atoms with van der Waals surface area (Å²) in [6, 6.07) is 4.33. The molecule has 1 aromatic carbocycles. The van der Waals surface area contributed by atoms with Crippen molar-refractivity contribution in [3.05, 3.63) is 35.4 Å². The Balaban J connectivity index is 1.76. The van der Waals surface area contributed by atoms with E-state index in [9.17, 15) is 13.6 Å². The summed E-state index contributed by atoms with van der Waals surface area (Å²) in [5.74, 6) is -1.67. The molecule has 1 aliphatic rings. The number of amides is 1. The third kappa shape index (κ3) is 4.28. The van der Waals surface area contributed by atoms with E-state index in [0.717, 1.165) is 18.9 Å². The summed E-state index contributed by atoms with van der Waals surface area (Å²) in [4.78, 5) is 13.4. The van der Waals surface area contributed by atoms with Gasteiger partial charge in [0.1, 0.15) is 0 Å². The monoisotopic (exact) mass is 268 g/mol. The molecule has 0 spiro atoms. The maximum atomic E-state index is 13.0. The quantitative estimate of drug-likeness (QED) is 0.852. The predicted octanol–water partition coefficient (Wildman–Crippen LogP) is 1.72. The van der Waals surface area contributed by atoms with E-state index in [2.05, 4.69) is 5.32 Å². The zero-order valence-electron chi connectivity index (χ0n) is 11.0. The lowest BCUT2D eigenvalue weighted by atomic mass is 10.1. The maximum Gasteiger partial charge on any atom is 0.236 e. The number of carbonyl (C=O) groups excluding carboxylic acids is 1. The van der Waals surface area contributed by atoms with Crippen molar-refractivity contribution in [1.29, 1.82) is 0 Å². The number of nitrogens with zero attached hydrogens (tertiary/aromatic N) is 1. The number of hydrogen-bond acceptors (Lipinski definition) is 2. The zero-order valence-corrected chi connectivity index (χ0v) is 11.0. The molecular formula is C14H18F2N2O. The van der Waals surface area contributed by atoms with E-state index >= 15 is 0 Å². The molecule has 0 aromatic heterocycles. The predicted molar refractivity (Wildman–Crippen MR) is 68.7 cm³/mol. The molecule has 0 aliphatic heterocycles. The number of benzene rings is 1. The van der Waals surface area contributed by atoms with E-state index in [1.807, 2.05) is 0 Å². The summed E-state index contributed by atoms with van der Waals surface area (Å²) in [6.07, 6.45) is 2.81. The standard InChI is InChI=1S/C14H18F2N2O/c1-18(14(19)9-17-11-3-4-11)7-6-10-2-5-12(15)13(16)8-10/h2,5,8,11,17H,3-4,6-7,9H2,1H3. The molecule has 0 unspecified atom stereocenters. The van der Waals surface area contributed by atoms with Crippen molar-refractivity contribution in [3.63, 3.8) is 0 Å². The van der Waals surface area contributed by atoms with Crippen LogP contribution in [0.1, 0.15) is 18.4 Å². The fourth-order valence-corrected chi connectivity index (χ4v) is 1.77. The summed E-state index contributed by atoms with van der Waals surface area (Å²) < 4.78 is 25.8. The van der Waals surface area contributed by atoms with E-state index in [1.165, 1.54) is 6.07 Å². The molecule has 3 nitrogen and oxygen atoms in total. The SMILES string of the molecule is CN(CCc1ccc(F)c(F)c1)C(=O)CNC1CC1. The lowest BCUT2D eigenvalue weighted by Gasteiger charge is -2.17. The Morgan fingerprint density at radius 1 is 1.37 bits per heavy atom. The molecule has 0 radical (unpaired) electrons. The van der Waals surface area contributed by atoms with E-state index in [1.54, 1.807) is 18.0 Å². The number of likely N-dealkylation sites (N-methyl/N-ethyl adjacent to an activating group) is 1. The van der Waals surface area contributed by atoms with Crippen LogP contribution in [0, 0.1) is 11.6 Å². The Morgan fingerprint density at radius 3 is 2.74 bits per heavy atom. The average molecular weight is 268 g/mol. The van der Waals surface area contributed by atoms with Crippen LogP contribution in [0.5, 0.6) is 0 Å². The summed E-state index contributed by atoms with van der Waals surface area (Å²) >= 11 is 0. The lowest BCUT2D eigenvalue weighted by Crippen LogP contribution is -2.37. The van der Waals surface area contributed by atoms with Crippen LogP contribution < -0.4 is 5.32 Å². The Hall–Kier alpha value is -1.49. The van der Waals surface area contributed by atoms with Gasteiger partial charge in [-0.2, -0.15) is 0 Å². The van der Waals surface area contributed by atoms with Crippen molar-refractivity contribution < 1.29 is 13.6 Å². The molecule has 1 saturated carbocycles. The molecule has 1 amide bonds. The van der Waals surface area contributed by atoms with Crippen molar-refractivity contribution in [2.75, 3.05) is 20.1 Å². The first-order valence-electron chi connectivity index (χ1n) is 6.47. The fraction of sp³-hybridized carbons (Fsp3) is 0.500. The second-order valence-corrected chi connectivity index (χ2v) is 4.97. The van der Waals surface area contributed by atoms with Crippen LogP contribution in [0.2, 0.25) is 0 Å². The molecule has 0 atom stereocenters. The maximum absolute atomic E-state index is 13.0. The Kier molecular flexibility index (Phi) is 4.47. The van der Waals surface area contributed by atoms with Gasteiger partial charge in [-0.1, -0.05) is 6.07 Å². The van der Waals surface area contributed by atoms with E-state index in [0.29, 0.717) is 31.1 Å². The van der Waals surface area contributed by atoms with Crippen molar-refractivity contribution in [3.8, 4) is 0 Å². The van der Waals surface area contributed by atoms with Gasteiger partial charge in [-0.25, -0.2) is 8.78 Å². The largest absolute Gasteiger partial charge is 0.344 e. The normalized spacial score (nSPS) is 14.5. The van der Waals surface area contributed by atoms with Crippen LogP contribution >= 0.6 is 0 Å². The first kappa shape index (κ1) is 13.9. The molecular weight excluding hydrogens is 250 g/mol. The van der Waals surface area contributed by atoms with E-state index < -0.39 is 11.6 Å². The molecule has 0 bridgehead atoms. The highest BCUT2D eigenvalue weighted by molar-refractivity contribution is 5.78. The Morgan fingerprint density at radius 2 is 2.11 bits per heavy atom. The summed E-state index contributed by atoms with van der Waals surface area (Å²) in [5.41, 5.74) is 0.689. The third-order valence-electron chi connectivity index (χ3n) is 3.26. The summed E-state index contributed by atoms with van der Waals surface area (Å²) in [6.45, 7) is 0.842. The summed E-state index contributed by atoms with van der Waals surface area (Å²) in [7, 11) is 1.72. The molecule has 5 heteroatoms. The smallest absolute Gasteiger partial charge is 0.236 e. The first-order valence-corrected chi connectivity index (χ1v) is 6.47. The highest BCUT2D eigenvalue weighted by Gasteiger charge is 2.21. The molecule has 1 aliphatic carbocycles. The average Bonchev–Trinajstić information content (AvgIpc) is 3.21. The summed E-state index contributed by atoms with van der Waals surface area (Å²) in [5, 5.41) is 3.15. The van der Waals surface area contributed by atoms with E-state index in [4.69, 9.17) is 0 Å². The van der Waals surface area contributed by atoms with Gasteiger partial charge in [0.15, 0.2) is 11.6 Å². The molecule has 1 N–H and O–H groups in total. The minimum atomic E-state index is -0.846. The van der Waals surface area contributed by atoms with Crippen LogP contribution in [-0.2, 0) is 11.2 Å². The minimum absolute atomic E-state index is 0.0227. The second kappa shape index (κ2) is 6.10. The van der Waals surface area contributed by atoms with Gasteiger partial charge in [0.25, 0.3) is 0 Å². The lowest BCUT2D eigenvalue weighted by molar-refractivity contribution is -0.128. The van der Waals surface area contributed by atoms with Crippen LogP contribution in [-0.4, -0.2) is 37.0 Å². The van der Waals surface area contributed by atoms with Crippen molar-refractivity contribution in [2.45, 2.75) is 25.3 Å². The number of hydrogen-bond donors (Lipinski definition) is 1. The fourth-order valence-electron chi connectivity index (χ4n) is 1.77. The van der Waals surface area contributed by atoms with Crippen LogP contribution in [0.15, 0.2) is 18.2 Å². The van der Waals surface area contributed by atoms with Gasteiger partial charge in [-0.15, -0.1) is 0 Å². The van der Waals surface area contributed by atoms with Gasteiger partial charge in [-0.05, 0) is 37.0 Å². The highest BCUT2D eigenvalue weighted by Crippen LogP contribution is 2.18. The number of carbonyl (C=O) groups is 1. The topological polar surface area (TPSA) is 32.3 Å². The minimum Gasteiger partial charge on any atom is -0.344 e. The highest BCUT2D eigenvalue weighted by atomic mass is 19.2. The number of nitrogens with one attached hydrogen (secondary N) is 1. The molecule has 2 rings (SSSR count). The van der Waals surface area contributed by atoms with Gasteiger partial charge < -0.3 is 10.2 Å². The molecule has 1 fully saturated rings. The van der Waals surface area contributed by atoms with Crippen LogP contribution in [0.25, 0.3) is 0 Å². The number of halogens is 2. The van der Waals surface area contributed by atoms with Gasteiger partial charge in [-0.3, -0.25) is 4.79 Å². The molecule has 0 heterocycles. The van der Waals surface area contributed by atoms with Gasteiger partial charge in [0.05, 0.1) is 6.54 Å². The Bertz CT molecular complexity index is 461. The molecule has 19 heavy (non-hydrogen) atoms. The number of rotatable bonds is 6. The van der Waals surface area contributed by atoms with E-state index in [-0.39, 0.29) is 5.91 Å². The molecule has 0 saturated heterocycles. The van der Waals surface area contributed by atoms with Gasteiger partial charge >= 0.3 is 0 Å². The van der Waals surface area contributed by atoms with Crippen LogP contribution in [0.4, 0.5) is 8.78 Å². The molecule has 1 aromatic rings. The molecule has 104 valence electrons. The second-order valence-electron chi connectivity index (χ2n) is 4.97. The van der Waals surface area contributed by atoms with Crippen LogP contribution in [0.3, 0.4) is 0 Å². The first-order chi connectivity index (χ1) is 9.06. The third-order valence-corrected chi connectivity index (χ3v) is 3.26. The van der Waals surface area contributed by atoms with Gasteiger partial charge in [0, 0.05) is 19.6 Å². The van der Waals surface area contributed by atoms with Gasteiger partial charge in [0.2, 0.25) is 5.91 Å². The van der Waals surface area contributed by atoms with Crippen molar-refractivity contribution in [2.24, 2.45) is 0 Å². The Labute approximate surface area is 111 Å². The zero-order chi connectivity index (χ0) is 13.8.